The summed E-state index contributed by atoms with van der Waals surface area (Å²) in [4.78, 5) is 0. The van der Waals surface area contributed by atoms with Crippen LogP contribution in [0.1, 0.15) is 40.2 Å². The first-order chi connectivity index (χ1) is 13.9. The van der Waals surface area contributed by atoms with Gasteiger partial charge in [0.2, 0.25) is 0 Å². The molecule has 0 aromatic heterocycles. The van der Waals surface area contributed by atoms with Crippen LogP contribution in [0.5, 0.6) is 0 Å². The Morgan fingerprint density at radius 1 is 1.17 bits per heavy atom. The summed E-state index contributed by atoms with van der Waals surface area (Å²) in [6.45, 7) is 13.5. The van der Waals surface area contributed by atoms with Gasteiger partial charge in [-0.2, -0.15) is 0 Å². The number of hydrogen-bond donors (Lipinski definition) is 1. The molecular formula is C22H30Cl2O6. The van der Waals surface area contributed by atoms with Crippen molar-refractivity contribution in [1.82, 2.24) is 0 Å². The Morgan fingerprint density at radius 3 is 2.20 bits per heavy atom. The average molecular weight is 461 g/mol. The van der Waals surface area contributed by atoms with E-state index < -0.39 is 35.5 Å². The van der Waals surface area contributed by atoms with Crippen LogP contribution in [-0.4, -0.2) is 53.8 Å². The molecule has 6 nitrogen and oxygen atoms in total. The summed E-state index contributed by atoms with van der Waals surface area (Å²) in [6, 6.07) is 5.24. The zero-order valence-electron chi connectivity index (χ0n) is 18.0. The van der Waals surface area contributed by atoms with Crippen LogP contribution in [0.25, 0.3) is 0 Å². The Balaban J connectivity index is 1.94. The van der Waals surface area contributed by atoms with E-state index in [1.807, 2.05) is 13.8 Å². The quantitative estimate of drug-likeness (QED) is 0.604. The van der Waals surface area contributed by atoms with Gasteiger partial charge in [0.1, 0.15) is 23.9 Å². The van der Waals surface area contributed by atoms with Crippen molar-refractivity contribution in [2.45, 2.75) is 76.7 Å². The van der Waals surface area contributed by atoms with Gasteiger partial charge in [-0.1, -0.05) is 35.8 Å². The summed E-state index contributed by atoms with van der Waals surface area (Å²) in [5, 5.41) is 12.9. The van der Waals surface area contributed by atoms with Crippen molar-refractivity contribution in [3.8, 4) is 0 Å². The minimum absolute atomic E-state index is 0.0655. The van der Waals surface area contributed by atoms with Gasteiger partial charge in [-0.15, -0.1) is 0 Å². The smallest absolute Gasteiger partial charge is 0.163 e. The zero-order chi connectivity index (χ0) is 22.3. The molecule has 2 aliphatic rings. The third kappa shape index (κ3) is 4.87. The molecular weight excluding hydrogens is 431 g/mol. The molecule has 0 amide bonds. The van der Waals surface area contributed by atoms with E-state index in [-0.39, 0.29) is 19.8 Å². The van der Waals surface area contributed by atoms with Crippen LogP contribution in [0.3, 0.4) is 0 Å². The fourth-order valence-electron chi connectivity index (χ4n) is 3.83. The normalized spacial score (nSPS) is 28.3. The van der Waals surface area contributed by atoms with E-state index in [9.17, 15) is 5.11 Å². The first-order valence-electron chi connectivity index (χ1n) is 9.92. The lowest BCUT2D eigenvalue weighted by Gasteiger charge is -2.42. The van der Waals surface area contributed by atoms with Crippen LogP contribution in [-0.2, 0) is 30.3 Å². The predicted molar refractivity (Wildman–Crippen MR) is 115 cm³/mol. The van der Waals surface area contributed by atoms with E-state index >= 15 is 0 Å². The van der Waals surface area contributed by atoms with Crippen molar-refractivity contribution >= 4 is 23.2 Å². The molecule has 2 aliphatic heterocycles. The third-order valence-electron chi connectivity index (χ3n) is 5.45. The Bertz CT molecular complexity index is 776. The van der Waals surface area contributed by atoms with Crippen molar-refractivity contribution in [3.63, 3.8) is 0 Å². The Hall–Kier alpha value is -0.700. The highest BCUT2D eigenvalue weighted by Crippen LogP contribution is 2.40. The molecule has 2 saturated heterocycles. The summed E-state index contributed by atoms with van der Waals surface area (Å²) >= 11 is 12.6. The predicted octanol–water partition coefficient (Wildman–Crippen LogP) is 4.49. The number of rotatable bonds is 7. The largest absolute Gasteiger partial charge is 0.380 e. The van der Waals surface area contributed by atoms with Crippen molar-refractivity contribution < 1.29 is 28.8 Å². The second kappa shape index (κ2) is 8.68. The molecule has 0 radical (unpaired) electrons. The molecule has 30 heavy (non-hydrogen) atoms. The van der Waals surface area contributed by atoms with E-state index in [0.717, 1.165) is 0 Å². The average Bonchev–Trinajstić information content (AvgIpc) is 3.18. The molecule has 1 aromatic rings. The molecule has 0 spiro atoms. The van der Waals surface area contributed by atoms with E-state index in [0.29, 0.717) is 21.2 Å². The number of hydrogen-bond acceptors (Lipinski definition) is 6. The highest BCUT2D eigenvalue weighted by atomic mass is 35.5. The number of ether oxygens (including phenoxy) is 5. The van der Waals surface area contributed by atoms with Crippen LogP contribution in [0.4, 0.5) is 0 Å². The monoisotopic (exact) mass is 460 g/mol. The van der Waals surface area contributed by atoms with Gasteiger partial charge in [0, 0.05) is 15.6 Å². The van der Waals surface area contributed by atoms with Crippen molar-refractivity contribution in [1.29, 1.82) is 0 Å². The third-order valence-corrected chi connectivity index (χ3v) is 6.16. The molecule has 168 valence electrons. The van der Waals surface area contributed by atoms with Crippen LogP contribution in [0.15, 0.2) is 30.4 Å². The number of aliphatic hydroxyl groups is 1. The van der Waals surface area contributed by atoms with E-state index in [1.165, 1.54) is 0 Å². The Kier molecular flexibility index (Phi) is 6.93. The molecule has 2 fully saturated rings. The van der Waals surface area contributed by atoms with Crippen molar-refractivity contribution in [3.05, 3.63) is 46.0 Å². The lowest BCUT2D eigenvalue weighted by atomic mass is 9.81. The fraction of sp³-hybridized carbons (Fsp3) is 0.636. The maximum atomic E-state index is 11.9. The SMILES string of the molecule is C=C(C)[C@@](O)([C@H]1COC(C)(C)O1)[C@@H](OCc1c(Cl)cccc1Cl)[C@H]1COC(C)(C)O1. The highest BCUT2D eigenvalue weighted by molar-refractivity contribution is 6.35. The van der Waals surface area contributed by atoms with Gasteiger partial charge in [0.25, 0.3) is 0 Å². The topological polar surface area (TPSA) is 66.4 Å². The van der Waals surface area contributed by atoms with Gasteiger partial charge in [-0.3, -0.25) is 0 Å². The molecule has 0 unspecified atom stereocenters. The fourth-order valence-corrected chi connectivity index (χ4v) is 4.34. The van der Waals surface area contributed by atoms with Gasteiger partial charge in [-0.25, -0.2) is 0 Å². The van der Waals surface area contributed by atoms with Crippen LogP contribution in [0.2, 0.25) is 10.0 Å². The van der Waals surface area contributed by atoms with Crippen molar-refractivity contribution in [2.24, 2.45) is 0 Å². The van der Waals surface area contributed by atoms with Gasteiger partial charge >= 0.3 is 0 Å². The van der Waals surface area contributed by atoms with Crippen molar-refractivity contribution in [2.75, 3.05) is 13.2 Å². The summed E-state index contributed by atoms with van der Waals surface area (Å²) in [5.74, 6) is -1.65. The van der Waals surface area contributed by atoms with Gasteiger partial charge in [-0.05, 0) is 52.3 Å². The first kappa shape index (κ1) is 24.0. The highest BCUT2D eigenvalue weighted by Gasteiger charge is 2.56. The minimum atomic E-state index is -1.60. The van der Waals surface area contributed by atoms with Crippen LogP contribution < -0.4 is 0 Å². The maximum absolute atomic E-state index is 11.9. The molecule has 3 rings (SSSR count). The Morgan fingerprint density at radius 2 is 1.73 bits per heavy atom. The van der Waals surface area contributed by atoms with Gasteiger partial charge < -0.3 is 28.8 Å². The molecule has 8 heteroatoms. The lowest BCUT2D eigenvalue weighted by Crippen LogP contribution is -2.60. The summed E-state index contributed by atoms with van der Waals surface area (Å²) in [7, 11) is 0. The van der Waals surface area contributed by atoms with Gasteiger partial charge in [0.05, 0.1) is 19.8 Å². The van der Waals surface area contributed by atoms with E-state index in [2.05, 4.69) is 6.58 Å². The standard InChI is InChI=1S/C22H30Cl2O6/c1-13(2)22(25,18-12-28-21(5,6)30-18)19(17-11-27-20(3,4)29-17)26-10-14-15(23)8-7-9-16(14)24/h7-9,17-19,25H,1,10-12H2,2-6H3/t17-,18-,19+,22-/m1/s1. The molecule has 0 saturated carbocycles. The molecule has 1 aromatic carbocycles. The second-order valence-corrected chi connectivity index (χ2v) is 9.54. The minimum Gasteiger partial charge on any atom is -0.380 e. The number of halogens is 2. The molecule has 0 aliphatic carbocycles. The number of benzene rings is 1. The lowest BCUT2D eigenvalue weighted by molar-refractivity contribution is -0.221. The zero-order valence-corrected chi connectivity index (χ0v) is 19.5. The van der Waals surface area contributed by atoms with E-state index in [1.54, 1.807) is 39.0 Å². The second-order valence-electron chi connectivity index (χ2n) is 8.72. The first-order valence-corrected chi connectivity index (χ1v) is 10.7. The summed E-state index contributed by atoms with van der Waals surface area (Å²) < 4.78 is 29.8. The molecule has 4 atom stereocenters. The molecule has 1 N–H and O–H groups in total. The molecule has 2 heterocycles. The van der Waals surface area contributed by atoms with Crippen LogP contribution >= 0.6 is 23.2 Å². The van der Waals surface area contributed by atoms with Gasteiger partial charge in [0.15, 0.2) is 11.6 Å². The summed E-state index contributed by atoms with van der Waals surface area (Å²) in [6.07, 6.45) is -2.15. The van der Waals surface area contributed by atoms with Crippen LogP contribution in [0, 0.1) is 0 Å². The Labute approximate surface area is 188 Å². The van der Waals surface area contributed by atoms with E-state index in [4.69, 9.17) is 46.9 Å². The maximum Gasteiger partial charge on any atom is 0.163 e. The summed E-state index contributed by atoms with van der Waals surface area (Å²) in [5.41, 5.74) is -0.509. The molecule has 0 bridgehead atoms.